The van der Waals surface area contributed by atoms with E-state index >= 15 is 0 Å². The van der Waals surface area contributed by atoms with Crippen molar-refractivity contribution in [1.82, 2.24) is 15.1 Å². The molecular weight excluding hydrogens is 503 g/mol. The van der Waals surface area contributed by atoms with Gasteiger partial charge in [-0.2, -0.15) is 0 Å². The van der Waals surface area contributed by atoms with Crippen molar-refractivity contribution in [1.29, 1.82) is 0 Å². The number of ether oxygens (including phenoxy) is 2. The zero-order valence-corrected chi connectivity index (χ0v) is 22.7. The van der Waals surface area contributed by atoms with E-state index < -0.39 is 0 Å². The Kier molecular flexibility index (Phi) is 11.9. The summed E-state index contributed by atoms with van der Waals surface area (Å²) in [7, 11) is 0. The second kappa shape index (κ2) is 13.6. The van der Waals surface area contributed by atoms with Gasteiger partial charge in [0.1, 0.15) is 0 Å². The molecule has 0 radical (unpaired) electrons. The maximum Gasteiger partial charge on any atom is 0.193 e. The van der Waals surface area contributed by atoms with Crippen molar-refractivity contribution in [2.75, 3.05) is 52.5 Å². The fourth-order valence-corrected chi connectivity index (χ4v) is 4.95. The summed E-state index contributed by atoms with van der Waals surface area (Å²) in [6.45, 7) is 17.1. The van der Waals surface area contributed by atoms with Gasteiger partial charge in [0, 0.05) is 38.3 Å². The molecule has 0 aromatic carbocycles. The lowest BCUT2D eigenvalue weighted by atomic mass is 9.94. The van der Waals surface area contributed by atoms with E-state index in [0.717, 1.165) is 70.5 Å². The molecule has 182 valence electrons. The van der Waals surface area contributed by atoms with E-state index in [9.17, 15) is 0 Å². The molecule has 1 N–H and O–H groups in total. The second-order valence-corrected chi connectivity index (χ2v) is 10.2. The minimum absolute atomic E-state index is 0. The highest BCUT2D eigenvalue weighted by molar-refractivity contribution is 14.0. The number of nitrogens with one attached hydrogen (secondary N) is 1. The van der Waals surface area contributed by atoms with Gasteiger partial charge in [-0.15, -0.1) is 24.0 Å². The molecule has 0 aromatic heterocycles. The van der Waals surface area contributed by atoms with E-state index in [0.29, 0.717) is 12.2 Å². The third-order valence-corrected chi connectivity index (χ3v) is 7.00. The molecule has 0 amide bonds. The summed E-state index contributed by atoms with van der Waals surface area (Å²) in [6.07, 6.45) is 9.14. The highest BCUT2D eigenvalue weighted by Crippen LogP contribution is 2.24. The fraction of sp³-hybridized carbons (Fsp3) is 0.958. The molecule has 7 heteroatoms. The van der Waals surface area contributed by atoms with Crippen LogP contribution >= 0.6 is 24.0 Å². The summed E-state index contributed by atoms with van der Waals surface area (Å²) in [6, 6.07) is 0. The number of hydrogen-bond acceptors (Lipinski definition) is 4. The van der Waals surface area contributed by atoms with Gasteiger partial charge in [-0.25, -0.2) is 0 Å². The quantitative estimate of drug-likeness (QED) is 0.294. The molecule has 3 heterocycles. The zero-order chi connectivity index (χ0) is 21.4. The number of likely N-dealkylation sites (tertiary alicyclic amines) is 2. The summed E-state index contributed by atoms with van der Waals surface area (Å²) in [4.78, 5) is 10.1. The van der Waals surface area contributed by atoms with Crippen molar-refractivity contribution < 1.29 is 9.47 Å². The van der Waals surface area contributed by atoms with Crippen LogP contribution < -0.4 is 5.32 Å². The van der Waals surface area contributed by atoms with Gasteiger partial charge >= 0.3 is 0 Å². The first-order valence-electron chi connectivity index (χ1n) is 12.5. The largest absolute Gasteiger partial charge is 0.376 e. The normalized spacial score (nSPS) is 27.1. The first-order chi connectivity index (χ1) is 14.5. The molecule has 31 heavy (non-hydrogen) atoms. The van der Waals surface area contributed by atoms with Gasteiger partial charge in [0.05, 0.1) is 25.4 Å². The SMILES string of the molecule is CCNC(=NCC(C)(C)N1CCCC(C)C1)N1CCC(OCC2CCCCO2)CC1.I. The first-order valence-corrected chi connectivity index (χ1v) is 12.5. The van der Waals surface area contributed by atoms with Gasteiger partial charge < -0.3 is 19.7 Å². The number of hydrogen-bond donors (Lipinski definition) is 1. The minimum atomic E-state index is 0. The standard InChI is InChI=1S/C24H46N4O2.HI/c1-5-25-23(26-19-24(3,4)28-13-8-9-20(2)17-28)27-14-11-21(12-15-27)30-18-22-10-6-7-16-29-22;/h20-22H,5-19H2,1-4H3,(H,25,26);1H. The Morgan fingerprint density at radius 3 is 2.52 bits per heavy atom. The predicted octanol–water partition coefficient (Wildman–Crippen LogP) is 4.13. The average molecular weight is 551 g/mol. The van der Waals surface area contributed by atoms with Crippen LogP contribution in [-0.2, 0) is 9.47 Å². The van der Waals surface area contributed by atoms with E-state index in [2.05, 4.69) is 42.8 Å². The Morgan fingerprint density at radius 2 is 1.87 bits per heavy atom. The molecule has 0 saturated carbocycles. The molecule has 2 atom stereocenters. The van der Waals surface area contributed by atoms with Crippen LogP contribution in [0.15, 0.2) is 4.99 Å². The lowest BCUT2D eigenvalue weighted by molar-refractivity contribution is -0.0721. The van der Waals surface area contributed by atoms with Crippen molar-refractivity contribution >= 4 is 29.9 Å². The van der Waals surface area contributed by atoms with Gasteiger partial charge in [-0.05, 0) is 78.2 Å². The average Bonchev–Trinajstić information content (AvgIpc) is 2.76. The van der Waals surface area contributed by atoms with Crippen LogP contribution in [0.3, 0.4) is 0 Å². The Hall–Kier alpha value is -0.120. The van der Waals surface area contributed by atoms with Gasteiger partial charge in [0.2, 0.25) is 0 Å². The number of rotatable bonds is 7. The summed E-state index contributed by atoms with van der Waals surface area (Å²) in [5.74, 6) is 1.87. The molecule has 0 aromatic rings. The number of nitrogens with zero attached hydrogens (tertiary/aromatic N) is 3. The van der Waals surface area contributed by atoms with Crippen molar-refractivity contribution in [2.45, 2.75) is 90.4 Å². The number of halogens is 1. The molecule has 3 fully saturated rings. The third-order valence-electron chi connectivity index (χ3n) is 7.00. The van der Waals surface area contributed by atoms with Crippen LogP contribution in [0.25, 0.3) is 0 Å². The topological polar surface area (TPSA) is 49.3 Å². The highest BCUT2D eigenvalue weighted by atomic mass is 127. The van der Waals surface area contributed by atoms with E-state index in [1.54, 1.807) is 0 Å². The molecule has 3 saturated heterocycles. The summed E-state index contributed by atoms with van der Waals surface area (Å²) in [5, 5.41) is 3.53. The molecule has 0 aliphatic carbocycles. The fourth-order valence-electron chi connectivity index (χ4n) is 4.95. The lowest BCUT2D eigenvalue weighted by Gasteiger charge is -2.42. The van der Waals surface area contributed by atoms with Crippen LogP contribution in [0.5, 0.6) is 0 Å². The van der Waals surface area contributed by atoms with Crippen molar-refractivity contribution in [3.05, 3.63) is 0 Å². The van der Waals surface area contributed by atoms with E-state index in [1.165, 1.54) is 38.8 Å². The van der Waals surface area contributed by atoms with Crippen LogP contribution in [0.2, 0.25) is 0 Å². The minimum Gasteiger partial charge on any atom is -0.376 e. The van der Waals surface area contributed by atoms with Crippen LogP contribution in [0, 0.1) is 5.92 Å². The first kappa shape index (κ1) is 27.1. The van der Waals surface area contributed by atoms with Crippen molar-refractivity contribution in [3.8, 4) is 0 Å². The Labute approximate surface area is 207 Å². The van der Waals surface area contributed by atoms with E-state index in [4.69, 9.17) is 14.5 Å². The Bertz CT molecular complexity index is 532. The van der Waals surface area contributed by atoms with E-state index in [1.807, 2.05) is 0 Å². The Balaban J connectivity index is 0.00000341. The smallest absolute Gasteiger partial charge is 0.193 e. The molecule has 3 rings (SSSR count). The summed E-state index contributed by atoms with van der Waals surface area (Å²) < 4.78 is 12.0. The van der Waals surface area contributed by atoms with Crippen LogP contribution in [0.4, 0.5) is 0 Å². The van der Waals surface area contributed by atoms with Crippen LogP contribution in [0.1, 0.15) is 72.6 Å². The van der Waals surface area contributed by atoms with Crippen molar-refractivity contribution in [3.63, 3.8) is 0 Å². The van der Waals surface area contributed by atoms with Gasteiger partial charge in [-0.1, -0.05) is 6.92 Å². The molecular formula is C24H47IN4O2. The summed E-state index contributed by atoms with van der Waals surface area (Å²) in [5.41, 5.74) is 0.108. The van der Waals surface area contributed by atoms with Crippen LogP contribution in [-0.4, -0.2) is 86.0 Å². The van der Waals surface area contributed by atoms with Gasteiger partial charge in [0.25, 0.3) is 0 Å². The number of guanidine groups is 1. The molecule has 2 unspecified atom stereocenters. The number of piperidine rings is 2. The highest BCUT2D eigenvalue weighted by Gasteiger charge is 2.31. The summed E-state index contributed by atoms with van der Waals surface area (Å²) >= 11 is 0. The van der Waals surface area contributed by atoms with Gasteiger partial charge in [0.15, 0.2) is 5.96 Å². The maximum absolute atomic E-state index is 6.20. The molecule has 6 nitrogen and oxygen atoms in total. The number of aliphatic imine (C=N–C) groups is 1. The van der Waals surface area contributed by atoms with Crippen molar-refractivity contribution in [2.24, 2.45) is 10.9 Å². The van der Waals surface area contributed by atoms with Gasteiger partial charge in [-0.3, -0.25) is 9.89 Å². The molecule has 0 bridgehead atoms. The Morgan fingerprint density at radius 1 is 1.10 bits per heavy atom. The lowest BCUT2D eigenvalue weighted by Crippen LogP contribution is -2.52. The zero-order valence-electron chi connectivity index (χ0n) is 20.4. The maximum atomic E-state index is 6.20. The molecule has 3 aliphatic heterocycles. The predicted molar refractivity (Wildman–Crippen MR) is 140 cm³/mol. The monoisotopic (exact) mass is 550 g/mol. The third kappa shape index (κ3) is 8.63. The molecule has 3 aliphatic rings. The molecule has 0 spiro atoms. The van der Waals surface area contributed by atoms with E-state index in [-0.39, 0.29) is 29.5 Å². The second-order valence-electron chi connectivity index (χ2n) is 10.2.